The average molecular weight is 259 g/mol. The molecule has 4 heteroatoms. The fourth-order valence-corrected chi connectivity index (χ4v) is 2.33. The van der Waals surface area contributed by atoms with Crippen molar-refractivity contribution in [3.8, 4) is 0 Å². The molecule has 102 valence electrons. The Kier molecular flexibility index (Phi) is 3.40. The van der Waals surface area contributed by atoms with Crippen molar-refractivity contribution >= 4 is 11.6 Å². The van der Waals surface area contributed by atoms with Gasteiger partial charge in [-0.05, 0) is 49.7 Å². The Labute approximate surface area is 114 Å². The Morgan fingerprint density at radius 1 is 1.32 bits per heavy atom. The summed E-state index contributed by atoms with van der Waals surface area (Å²) in [6.45, 7) is 1.83. The van der Waals surface area contributed by atoms with E-state index in [1.807, 2.05) is 24.1 Å². The van der Waals surface area contributed by atoms with Gasteiger partial charge in [-0.1, -0.05) is 0 Å². The molecule has 0 radical (unpaired) electrons. The molecular weight excluding hydrogens is 238 g/mol. The van der Waals surface area contributed by atoms with Gasteiger partial charge >= 0.3 is 0 Å². The van der Waals surface area contributed by atoms with Gasteiger partial charge in [0.15, 0.2) is 0 Å². The fourth-order valence-electron chi connectivity index (χ4n) is 2.33. The molecule has 0 spiro atoms. The van der Waals surface area contributed by atoms with Gasteiger partial charge in [0.1, 0.15) is 5.69 Å². The van der Waals surface area contributed by atoms with E-state index in [0.29, 0.717) is 5.69 Å². The van der Waals surface area contributed by atoms with Gasteiger partial charge in [-0.25, -0.2) is 0 Å². The molecule has 4 nitrogen and oxygen atoms in total. The molecule has 0 saturated heterocycles. The van der Waals surface area contributed by atoms with Crippen molar-refractivity contribution in [1.29, 1.82) is 0 Å². The molecule has 2 saturated carbocycles. The van der Waals surface area contributed by atoms with E-state index >= 15 is 0 Å². The first-order valence-electron chi connectivity index (χ1n) is 7.19. The second-order valence-electron chi connectivity index (χ2n) is 5.78. The fraction of sp³-hybridized carbons (Fsp3) is 0.600. The maximum Gasteiger partial charge on any atom is 0.272 e. The Morgan fingerprint density at radius 2 is 1.95 bits per heavy atom. The molecule has 19 heavy (non-hydrogen) atoms. The number of nitrogens with one attached hydrogen (secondary N) is 1. The Hall–Kier alpha value is -1.58. The van der Waals surface area contributed by atoms with E-state index in [4.69, 9.17) is 0 Å². The van der Waals surface area contributed by atoms with Crippen molar-refractivity contribution in [2.45, 2.75) is 25.7 Å². The highest BCUT2D eigenvalue weighted by Gasteiger charge is 2.32. The van der Waals surface area contributed by atoms with Gasteiger partial charge in [0.05, 0.1) is 0 Å². The van der Waals surface area contributed by atoms with Gasteiger partial charge in [-0.2, -0.15) is 0 Å². The van der Waals surface area contributed by atoms with Crippen LogP contribution in [0.25, 0.3) is 0 Å². The number of rotatable bonds is 6. The Balaban J connectivity index is 1.72. The summed E-state index contributed by atoms with van der Waals surface area (Å²) in [5.41, 5.74) is 1.50. The summed E-state index contributed by atoms with van der Waals surface area (Å²) >= 11 is 0. The van der Waals surface area contributed by atoms with Crippen molar-refractivity contribution in [3.05, 3.63) is 24.0 Å². The zero-order valence-electron chi connectivity index (χ0n) is 11.4. The first-order valence-corrected chi connectivity index (χ1v) is 7.19. The lowest BCUT2D eigenvalue weighted by molar-refractivity contribution is 0.0733. The molecule has 2 aliphatic rings. The molecule has 0 aromatic carbocycles. The van der Waals surface area contributed by atoms with Crippen LogP contribution < -0.4 is 5.32 Å². The third-order valence-corrected chi connectivity index (χ3v) is 3.91. The van der Waals surface area contributed by atoms with E-state index in [1.54, 1.807) is 6.20 Å². The highest BCUT2D eigenvalue weighted by atomic mass is 16.2. The minimum Gasteiger partial charge on any atom is -0.388 e. The maximum absolute atomic E-state index is 12.6. The third-order valence-electron chi connectivity index (χ3n) is 3.91. The number of hydrogen-bond donors (Lipinski definition) is 1. The van der Waals surface area contributed by atoms with Crippen molar-refractivity contribution < 1.29 is 4.79 Å². The topological polar surface area (TPSA) is 45.2 Å². The van der Waals surface area contributed by atoms with E-state index in [9.17, 15) is 4.79 Å². The van der Waals surface area contributed by atoms with Crippen LogP contribution in [0.3, 0.4) is 0 Å². The molecule has 3 rings (SSSR count). The van der Waals surface area contributed by atoms with Crippen LogP contribution in [-0.4, -0.2) is 35.9 Å². The van der Waals surface area contributed by atoms with Crippen LogP contribution in [0.4, 0.5) is 5.69 Å². The average Bonchev–Trinajstić information content (AvgIpc) is 3.32. The monoisotopic (exact) mass is 259 g/mol. The summed E-state index contributed by atoms with van der Waals surface area (Å²) in [5, 5.41) is 3.06. The van der Waals surface area contributed by atoms with Crippen molar-refractivity contribution in [2.75, 3.05) is 25.5 Å². The van der Waals surface area contributed by atoms with Crippen LogP contribution >= 0.6 is 0 Å². The lowest BCUT2D eigenvalue weighted by Gasteiger charge is -2.22. The summed E-state index contributed by atoms with van der Waals surface area (Å²) in [4.78, 5) is 18.8. The van der Waals surface area contributed by atoms with Gasteiger partial charge in [-0.15, -0.1) is 0 Å². The van der Waals surface area contributed by atoms with Gasteiger partial charge in [0.2, 0.25) is 0 Å². The molecule has 1 aromatic heterocycles. The normalized spacial score (nSPS) is 18.2. The summed E-state index contributed by atoms with van der Waals surface area (Å²) in [6, 6.07) is 3.72. The predicted octanol–water partition coefficient (Wildman–Crippen LogP) is 2.39. The Morgan fingerprint density at radius 3 is 2.47 bits per heavy atom. The first-order chi connectivity index (χ1) is 9.26. The van der Waals surface area contributed by atoms with Crippen LogP contribution in [0.5, 0.6) is 0 Å². The minimum atomic E-state index is 0.0934. The van der Waals surface area contributed by atoms with Crippen LogP contribution in [-0.2, 0) is 0 Å². The van der Waals surface area contributed by atoms with Crippen LogP contribution in [0.2, 0.25) is 0 Å². The lowest BCUT2D eigenvalue weighted by Crippen LogP contribution is -2.35. The third kappa shape index (κ3) is 3.25. The van der Waals surface area contributed by atoms with Crippen molar-refractivity contribution in [3.63, 3.8) is 0 Å². The van der Waals surface area contributed by atoms with E-state index in [2.05, 4.69) is 10.3 Å². The highest BCUT2D eigenvalue weighted by molar-refractivity contribution is 5.93. The van der Waals surface area contributed by atoms with E-state index in [1.165, 1.54) is 25.7 Å². The van der Waals surface area contributed by atoms with E-state index in [-0.39, 0.29) is 5.91 Å². The largest absolute Gasteiger partial charge is 0.388 e. The number of amides is 1. The molecule has 1 heterocycles. The number of aromatic nitrogens is 1. The Bertz CT molecular complexity index is 452. The summed E-state index contributed by atoms with van der Waals surface area (Å²) in [6.07, 6.45) is 6.80. The minimum absolute atomic E-state index is 0.0934. The molecular formula is C15H21N3O. The van der Waals surface area contributed by atoms with Crippen LogP contribution in [0, 0.1) is 11.8 Å². The molecule has 0 bridgehead atoms. The standard InChI is InChI=1S/C15H21N3O/c1-16-13-6-7-17-14(8-13)15(19)18(9-11-2-3-11)10-12-4-5-12/h6-8,11-12H,2-5,9-10H2,1H3,(H,16,17). The van der Waals surface area contributed by atoms with E-state index < -0.39 is 0 Å². The maximum atomic E-state index is 12.6. The quantitative estimate of drug-likeness (QED) is 0.853. The van der Waals surface area contributed by atoms with Gasteiger partial charge in [0.25, 0.3) is 5.91 Å². The van der Waals surface area contributed by atoms with Gasteiger partial charge in [-0.3, -0.25) is 9.78 Å². The SMILES string of the molecule is CNc1ccnc(C(=O)N(CC2CC2)CC2CC2)c1. The predicted molar refractivity (Wildman–Crippen MR) is 75.1 cm³/mol. The number of nitrogens with zero attached hydrogens (tertiary/aromatic N) is 2. The molecule has 0 aliphatic heterocycles. The smallest absolute Gasteiger partial charge is 0.272 e. The number of hydrogen-bond acceptors (Lipinski definition) is 3. The zero-order valence-corrected chi connectivity index (χ0v) is 11.4. The van der Waals surface area contributed by atoms with Gasteiger partial charge < -0.3 is 10.2 Å². The second-order valence-corrected chi connectivity index (χ2v) is 5.78. The van der Waals surface area contributed by atoms with Crippen molar-refractivity contribution in [1.82, 2.24) is 9.88 Å². The molecule has 2 fully saturated rings. The van der Waals surface area contributed by atoms with E-state index in [0.717, 1.165) is 30.6 Å². The number of carbonyl (C=O) groups excluding carboxylic acids is 1. The molecule has 0 unspecified atom stereocenters. The number of carbonyl (C=O) groups is 1. The molecule has 1 N–H and O–H groups in total. The molecule has 1 amide bonds. The second kappa shape index (κ2) is 5.19. The number of pyridine rings is 1. The first kappa shape index (κ1) is 12.5. The van der Waals surface area contributed by atoms with Crippen molar-refractivity contribution in [2.24, 2.45) is 11.8 Å². The zero-order chi connectivity index (χ0) is 13.2. The number of anilines is 1. The summed E-state index contributed by atoms with van der Waals surface area (Å²) in [5.74, 6) is 1.56. The van der Waals surface area contributed by atoms with Crippen LogP contribution in [0.15, 0.2) is 18.3 Å². The summed E-state index contributed by atoms with van der Waals surface area (Å²) < 4.78 is 0. The van der Waals surface area contributed by atoms with Crippen LogP contribution in [0.1, 0.15) is 36.2 Å². The lowest BCUT2D eigenvalue weighted by atomic mass is 10.2. The highest BCUT2D eigenvalue weighted by Crippen LogP contribution is 2.34. The summed E-state index contributed by atoms with van der Waals surface area (Å²) in [7, 11) is 1.86. The molecule has 2 aliphatic carbocycles. The van der Waals surface area contributed by atoms with Gasteiger partial charge in [0, 0.05) is 32.0 Å². The molecule has 1 aromatic rings. The molecule has 0 atom stereocenters.